The molecule has 0 aliphatic heterocycles. The number of thioether (sulfide) groups is 1. The third-order valence-corrected chi connectivity index (χ3v) is 5.07. The quantitative estimate of drug-likeness (QED) is 0.608. The third-order valence-electron chi connectivity index (χ3n) is 3.38. The minimum atomic E-state index is -4.10. The Morgan fingerprint density at radius 1 is 1.25 bits per heavy atom. The lowest BCUT2D eigenvalue weighted by Crippen LogP contribution is -2.35. The monoisotopic (exact) mass is 373 g/mol. The summed E-state index contributed by atoms with van der Waals surface area (Å²) in [6, 6.07) is 9.90. The maximum atomic E-state index is 12.2. The number of nitrogens with one attached hydrogen (secondary N) is 1. The van der Waals surface area contributed by atoms with Gasteiger partial charge >= 0.3 is 0 Å². The van der Waals surface area contributed by atoms with Crippen LogP contribution in [0.2, 0.25) is 0 Å². The Morgan fingerprint density at radius 3 is 2.50 bits per heavy atom. The zero-order valence-electron chi connectivity index (χ0n) is 13.6. The number of benzene rings is 1. The maximum absolute atomic E-state index is 12.2. The first-order valence-electron chi connectivity index (χ1n) is 7.68. The van der Waals surface area contributed by atoms with Crippen LogP contribution >= 0.6 is 11.8 Å². The molecular formula is C16H23NO5S2. The zero-order valence-corrected chi connectivity index (χ0v) is 15.2. The van der Waals surface area contributed by atoms with E-state index in [9.17, 15) is 18.0 Å². The molecule has 6 nitrogen and oxygen atoms in total. The lowest BCUT2D eigenvalue weighted by atomic mass is 10.0. The summed E-state index contributed by atoms with van der Waals surface area (Å²) in [5.41, 5.74) is 1.18. The van der Waals surface area contributed by atoms with Crippen molar-refractivity contribution in [1.29, 1.82) is 0 Å². The van der Waals surface area contributed by atoms with E-state index >= 15 is 0 Å². The third kappa shape index (κ3) is 9.69. The van der Waals surface area contributed by atoms with E-state index in [1.807, 2.05) is 30.3 Å². The lowest BCUT2D eigenvalue weighted by molar-refractivity contribution is -0.124. The van der Waals surface area contributed by atoms with Gasteiger partial charge in [-0.15, -0.1) is 0 Å². The summed E-state index contributed by atoms with van der Waals surface area (Å²) >= 11 is 1.09. The lowest BCUT2D eigenvalue weighted by Gasteiger charge is -2.15. The highest BCUT2D eigenvalue weighted by molar-refractivity contribution is 8.13. The fourth-order valence-corrected chi connectivity index (χ4v) is 3.27. The SMILES string of the molecule is CC(=O)SCC(CCCc1ccccc1)C(=O)NCCS(=O)(=O)O. The van der Waals surface area contributed by atoms with Crippen molar-refractivity contribution in [2.24, 2.45) is 5.92 Å². The van der Waals surface area contributed by atoms with Gasteiger partial charge in [0.2, 0.25) is 5.91 Å². The van der Waals surface area contributed by atoms with Crippen LogP contribution in [0.1, 0.15) is 25.3 Å². The van der Waals surface area contributed by atoms with Crippen LogP contribution in [0.5, 0.6) is 0 Å². The van der Waals surface area contributed by atoms with Gasteiger partial charge in [-0.3, -0.25) is 14.1 Å². The van der Waals surface area contributed by atoms with Crippen LogP contribution in [-0.2, 0) is 26.1 Å². The van der Waals surface area contributed by atoms with E-state index in [0.717, 1.165) is 24.6 Å². The van der Waals surface area contributed by atoms with Gasteiger partial charge < -0.3 is 5.32 Å². The molecule has 24 heavy (non-hydrogen) atoms. The van der Waals surface area contributed by atoms with E-state index in [2.05, 4.69) is 5.32 Å². The zero-order chi connectivity index (χ0) is 18.0. The Balaban J connectivity index is 2.49. The highest BCUT2D eigenvalue weighted by Crippen LogP contribution is 2.17. The van der Waals surface area contributed by atoms with Gasteiger partial charge in [0.25, 0.3) is 10.1 Å². The van der Waals surface area contributed by atoms with Gasteiger partial charge in [0, 0.05) is 25.1 Å². The van der Waals surface area contributed by atoms with Gasteiger partial charge in [0.05, 0.1) is 5.75 Å². The van der Waals surface area contributed by atoms with Crippen molar-refractivity contribution in [3.05, 3.63) is 35.9 Å². The van der Waals surface area contributed by atoms with E-state index in [1.54, 1.807) is 0 Å². The molecule has 2 N–H and O–H groups in total. The Kier molecular flexibility index (Phi) is 9.02. The summed E-state index contributed by atoms with van der Waals surface area (Å²) in [4.78, 5) is 23.3. The highest BCUT2D eigenvalue weighted by Gasteiger charge is 2.19. The number of hydrogen-bond acceptors (Lipinski definition) is 5. The molecule has 0 aliphatic rings. The van der Waals surface area contributed by atoms with Crippen molar-refractivity contribution >= 4 is 32.9 Å². The average molecular weight is 373 g/mol. The Morgan fingerprint density at radius 2 is 1.92 bits per heavy atom. The van der Waals surface area contributed by atoms with Crippen molar-refractivity contribution in [3.63, 3.8) is 0 Å². The summed E-state index contributed by atoms with van der Waals surface area (Å²) < 4.78 is 30.0. The second-order valence-corrected chi connectivity index (χ2v) is 8.22. The first-order chi connectivity index (χ1) is 11.3. The molecule has 0 aliphatic carbocycles. The molecule has 1 aromatic rings. The molecule has 0 saturated carbocycles. The van der Waals surface area contributed by atoms with Crippen LogP contribution in [-0.4, -0.2) is 42.0 Å². The molecule has 1 rings (SSSR count). The minimum absolute atomic E-state index is 0.0613. The molecule has 134 valence electrons. The van der Waals surface area contributed by atoms with Crippen molar-refractivity contribution in [2.45, 2.75) is 26.2 Å². The molecule has 8 heteroatoms. The number of hydrogen-bond donors (Lipinski definition) is 2. The molecule has 0 spiro atoms. The molecule has 1 atom stereocenters. The van der Waals surface area contributed by atoms with Crippen molar-refractivity contribution in [1.82, 2.24) is 5.32 Å². The molecular weight excluding hydrogens is 350 g/mol. The molecule has 1 amide bonds. The predicted octanol–water partition coefficient (Wildman–Crippen LogP) is 1.91. The topological polar surface area (TPSA) is 101 Å². The van der Waals surface area contributed by atoms with Crippen molar-refractivity contribution in [3.8, 4) is 0 Å². The van der Waals surface area contributed by atoms with Crippen molar-refractivity contribution in [2.75, 3.05) is 18.1 Å². The number of aryl methyl sites for hydroxylation is 1. The number of carbonyl (C=O) groups excluding carboxylic acids is 2. The highest BCUT2D eigenvalue weighted by atomic mass is 32.2. The largest absolute Gasteiger partial charge is 0.355 e. The maximum Gasteiger partial charge on any atom is 0.266 e. The number of carbonyl (C=O) groups is 2. The van der Waals surface area contributed by atoms with Gasteiger partial charge in [-0.1, -0.05) is 42.1 Å². The van der Waals surface area contributed by atoms with E-state index in [0.29, 0.717) is 12.2 Å². The van der Waals surface area contributed by atoms with Crippen LogP contribution in [0.4, 0.5) is 0 Å². The van der Waals surface area contributed by atoms with E-state index in [-0.39, 0.29) is 23.5 Å². The standard InChI is InChI=1S/C16H23NO5S2/c1-13(18)23-12-15(16(19)17-10-11-24(20,21)22)9-5-8-14-6-3-2-4-7-14/h2-4,6-7,15H,5,8-12H2,1H3,(H,17,19)(H,20,21,22). The van der Waals surface area contributed by atoms with Crippen LogP contribution < -0.4 is 5.32 Å². The Bertz CT molecular complexity index is 631. The predicted molar refractivity (Wildman–Crippen MR) is 95.4 cm³/mol. The van der Waals surface area contributed by atoms with Crippen LogP contribution in [0.3, 0.4) is 0 Å². The van der Waals surface area contributed by atoms with Crippen LogP contribution in [0, 0.1) is 5.92 Å². The van der Waals surface area contributed by atoms with Gasteiger partial charge in [0.15, 0.2) is 5.12 Å². The summed E-state index contributed by atoms with van der Waals surface area (Å²) in [6.07, 6.45) is 2.23. The summed E-state index contributed by atoms with van der Waals surface area (Å²) in [6.45, 7) is 1.31. The molecule has 0 fully saturated rings. The molecule has 1 unspecified atom stereocenters. The van der Waals surface area contributed by atoms with E-state index < -0.39 is 15.9 Å². The van der Waals surface area contributed by atoms with Gasteiger partial charge in [-0.25, -0.2) is 0 Å². The molecule has 0 bridgehead atoms. The smallest absolute Gasteiger partial charge is 0.266 e. The number of amides is 1. The van der Waals surface area contributed by atoms with Crippen LogP contribution in [0.15, 0.2) is 30.3 Å². The first-order valence-corrected chi connectivity index (χ1v) is 10.3. The molecule has 0 radical (unpaired) electrons. The molecule has 1 aromatic carbocycles. The van der Waals surface area contributed by atoms with E-state index in [1.165, 1.54) is 12.5 Å². The fraction of sp³-hybridized carbons (Fsp3) is 0.500. The van der Waals surface area contributed by atoms with Gasteiger partial charge in [-0.05, 0) is 24.8 Å². The van der Waals surface area contributed by atoms with Crippen LogP contribution in [0.25, 0.3) is 0 Å². The van der Waals surface area contributed by atoms with Gasteiger partial charge in [-0.2, -0.15) is 8.42 Å². The molecule has 0 heterocycles. The normalized spacial score (nSPS) is 12.6. The fourth-order valence-electron chi connectivity index (χ4n) is 2.15. The number of rotatable bonds is 10. The molecule has 0 aromatic heterocycles. The summed E-state index contributed by atoms with van der Waals surface area (Å²) in [7, 11) is -4.10. The second-order valence-electron chi connectivity index (χ2n) is 5.45. The Hall–Kier alpha value is -1.38. The first kappa shape index (κ1) is 20.7. The minimum Gasteiger partial charge on any atom is -0.355 e. The molecule has 0 saturated heterocycles. The summed E-state index contributed by atoms with van der Waals surface area (Å²) in [5.74, 6) is -0.818. The second kappa shape index (κ2) is 10.5. The Labute approximate surface area is 147 Å². The summed E-state index contributed by atoms with van der Waals surface area (Å²) in [5, 5.41) is 2.45. The average Bonchev–Trinajstić information content (AvgIpc) is 2.50. The van der Waals surface area contributed by atoms with Gasteiger partial charge in [0.1, 0.15) is 0 Å². The van der Waals surface area contributed by atoms with E-state index in [4.69, 9.17) is 4.55 Å². The van der Waals surface area contributed by atoms with Crippen molar-refractivity contribution < 1.29 is 22.6 Å².